The monoisotopic (exact) mass is 331 g/mol. The maximum atomic E-state index is 12.2. The fourth-order valence-electron chi connectivity index (χ4n) is 1.82. The fourth-order valence-corrected chi connectivity index (χ4v) is 3.40. The number of nitrogens with zero attached hydrogens (tertiary/aromatic N) is 1. The van der Waals surface area contributed by atoms with Gasteiger partial charge in [-0.1, -0.05) is 22.0 Å². The summed E-state index contributed by atoms with van der Waals surface area (Å²) in [6.45, 7) is 2.52. The molecule has 1 aliphatic heterocycles. The largest absolute Gasteiger partial charge is 0.337 e. The van der Waals surface area contributed by atoms with E-state index in [0.717, 1.165) is 10.0 Å². The summed E-state index contributed by atoms with van der Waals surface area (Å²) in [4.78, 5) is 13.8. The molecule has 4 nitrogen and oxygen atoms in total. The lowest BCUT2D eigenvalue weighted by Gasteiger charge is -2.26. The third kappa shape index (κ3) is 2.92. The highest BCUT2D eigenvalue weighted by Gasteiger charge is 2.25. The zero-order valence-corrected chi connectivity index (χ0v) is 12.4. The van der Waals surface area contributed by atoms with Crippen molar-refractivity contribution < 1.29 is 13.2 Å². The van der Waals surface area contributed by atoms with Gasteiger partial charge in [0.1, 0.15) is 0 Å². The molecule has 18 heavy (non-hydrogen) atoms. The minimum atomic E-state index is -2.95. The molecule has 0 saturated carbocycles. The molecule has 2 rings (SSSR count). The number of carbonyl (C=O) groups excluding carboxylic acids is 1. The highest BCUT2D eigenvalue weighted by atomic mass is 79.9. The molecule has 0 unspecified atom stereocenters. The second-order valence-corrected chi connectivity index (χ2v) is 7.57. The molecule has 1 fully saturated rings. The second-order valence-electron chi connectivity index (χ2n) is 4.41. The van der Waals surface area contributed by atoms with Gasteiger partial charge in [-0.15, -0.1) is 0 Å². The first-order valence-corrected chi connectivity index (χ1v) is 8.26. The standard InChI is InChI=1S/C12H14BrNO3S/c1-9-2-3-10(8-11(9)13)12(15)14-4-6-18(16,17)7-5-14/h2-3,8H,4-7H2,1H3. The van der Waals surface area contributed by atoms with E-state index in [9.17, 15) is 13.2 Å². The van der Waals surface area contributed by atoms with Crippen LogP contribution in [-0.4, -0.2) is 43.8 Å². The van der Waals surface area contributed by atoms with Gasteiger partial charge in [-0.2, -0.15) is 0 Å². The van der Waals surface area contributed by atoms with Crippen molar-refractivity contribution in [2.75, 3.05) is 24.6 Å². The van der Waals surface area contributed by atoms with Gasteiger partial charge in [-0.3, -0.25) is 4.79 Å². The topological polar surface area (TPSA) is 54.5 Å². The lowest BCUT2D eigenvalue weighted by molar-refractivity contribution is 0.0770. The molecular formula is C12H14BrNO3S. The Labute approximate surface area is 115 Å². The lowest BCUT2D eigenvalue weighted by Crippen LogP contribution is -2.43. The quantitative estimate of drug-likeness (QED) is 0.785. The maximum Gasteiger partial charge on any atom is 0.253 e. The van der Waals surface area contributed by atoms with Crippen LogP contribution in [0.2, 0.25) is 0 Å². The highest BCUT2D eigenvalue weighted by molar-refractivity contribution is 9.10. The van der Waals surface area contributed by atoms with Crippen molar-refractivity contribution in [1.82, 2.24) is 4.90 Å². The van der Waals surface area contributed by atoms with Crippen molar-refractivity contribution in [2.45, 2.75) is 6.92 Å². The number of aryl methyl sites for hydroxylation is 1. The summed E-state index contributed by atoms with van der Waals surface area (Å²) in [5.41, 5.74) is 1.65. The summed E-state index contributed by atoms with van der Waals surface area (Å²) >= 11 is 3.39. The molecule has 0 bridgehead atoms. The zero-order valence-electron chi connectivity index (χ0n) is 10.0. The van der Waals surface area contributed by atoms with Crippen LogP contribution in [-0.2, 0) is 9.84 Å². The lowest BCUT2D eigenvalue weighted by atomic mass is 10.1. The van der Waals surface area contributed by atoms with Crippen LogP contribution in [0.15, 0.2) is 22.7 Å². The molecule has 1 aromatic carbocycles. The first-order chi connectivity index (χ1) is 8.39. The third-order valence-electron chi connectivity index (χ3n) is 3.05. The summed E-state index contributed by atoms with van der Waals surface area (Å²) in [6, 6.07) is 5.42. The molecule has 1 amide bonds. The number of sulfone groups is 1. The van der Waals surface area contributed by atoms with E-state index in [4.69, 9.17) is 0 Å². The average molecular weight is 332 g/mol. The first kappa shape index (κ1) is 13.5. The van der Waals surface area contributed by atoms with Crippen molar-refractivity contribution in [3.63, 3.8) is 0 Å². The molecule has 0 atom stereocenters. The molecule has 6 heteroatoms. The molecule has 1 aliphatic rings. The van der Waals surface area contributed by atoms with Crippen molar-refractivity contribution in [2.24, 2.45) is 0 Å². The molecule has 98 valence electrons. The molecule has 0 N–H and O–H groups in total. The van der Waals surface area contributed by atoms with Gasteiger partial charge in [0.05, 0.1) is 11.5 Å². The van der Waals surface area contributed by atoms with Crippen LogP contribution in [0.5, 0.6) is 0 Å². The Balaban J connectivity index is 2.15. The van der Waals surface area contributed by atoms with E-state index in [0.29, 0.717) is 5.56 Å². The Morgan fingerprint density at radius 3 is 2.44 bits per heavy atom. The number of halogens is 1. The van der Waals surface area contributed by atoms with Gasteiger partial charge in [0, 0.05) is 23.1 Å². The molecule has 0 radical (unpaired) electrons. The number of hydrogen-bond donors (Lipinski definition) is 0. The van der Waals surface area contributed by atoms with Gasteiger partial charge in [-0.25, -0.2) is 8.42 Å². The molecular weight excluding hydrogens is 318 g/mol. The Morgan fingerprint density at radius 1 is 1.28 bits per heavy atom. The van der Waals surface area contributed by atoms with Crippen LogP contribution in [0.4, 0.5) is 0 Å². The Hall–Kier alpha value is -0.880. The predicted octanol–water partition coefficient (Wildman–Crippen LogP) is 1.63. The smallest absolute Gasteiger partial charge is 0.253 e. The van der Waals surface area contributed by atoms with E-state index in [1.165, 1.54) is 0 Å². The summed E-state index contributed by atoms with van der Waals surface area (Å²) in [7, 11) is -2.95. The molecule has 0 spiro atoms. The van der Waals surface area contributed by atoms with Gasteiger partial charge in [-0.05, 0) is 24.6 Å². The van der Waals surface area contributed by atoms with Gasteiger partial charge in [0.15, 0.2) is 9.84 Å². The first-order valence-electron chi connectivity index (χ1n) is 5.65. The van der Waals surface area contributed by atoms with E-state index < -0.39 is 9.84 Å². The van der Waals surface area contributed by atoms with Crippen molar-refractivity contribution in [3.8, 4) is 0 Å². The SMILES string of the molecule is Cc1ccc(C(=O)N2CCS(=O)(=O)CC2)cc1Br. The van der Waals surface area contributed by atoms with E-state index >= 15 is 0 Å². The fraction of sp³-hybridized carbons (Fsp3) is 0.417. The number of amides is 1. The minimum Gasteiger partial charge on any atom is -0.337 e. The molecule has 1 aromatic rings. The third-order valence-corrected chi connectivity index (χ3v) is 5.51. The average Bonchev–Trinajstić information content (AvgIpc) is 2.32. The predicted molar refractivity (Wildman–Crippen MR) is 73.4 cm³/mol. The Morgan fingerprint density at radius 2 is 1.89 bits per heavy atom. The van der Waals surface area contributed by atoms with Crippen molar-refractivity contribution >= 4 is 31.7 Å². The van der Waals surface area contributed by atoms with E-state index in [1.54, 1.807) is 17.0 Å². The normalized spacial score (nSPS) is 18.7. The second kappa shape index (κ2) is 5.01. The van der Waals surface area contributed by atoms with Crippen molar-refractivity contribution in [3.05, 3.63) is 33.8 Å². The summed E-state index contributed by atoms with van der Waals surface area (Å²) in [5, 5.41) is 0. The summed E-state index contributed by atoms with van der Waals surface area (Å²) < 4.78 is 23.5. The van der Waals surface area contributed by atoms with Crippen LogP contribution in [0.25, 0.3) is 0 Å². The number of carbonyl (C=O) groups is 1. The summed E-state index contributed by atoms with van der Waals surface area (Å²) in [5.74, 6) is 0.0166. The number of rotatable bonds is 1. The van der Waals surface area contributed by atoms with E-state index in [-0.39, 0.29) is 30.5 Å². The van der Waals surface area contributed by atoms with Gasteiger partial charge in [0.25, 0.3) is 5.91 Å². The van der Waals surface area contributed by atoms with Crippen LogP contribution in [0, 0.1) is 6.92 Å². The Bertz CT molecular complexity index is 569. The molecule has 0 aromatic heterocycles. The van der Waals surface area contributed by atoms with Crippen LogP contribution in [0.3, 0.4) is 0 Å². The van der Waals surface area contributed by atoms with E-state index in [2.05, 4.69) is 15.9 Å². The molecule has 0 aliphatic carbocycles. The zero-order chi connectivity index (χ0) is 13.3. The van der Waals surface area contributed by atoms with Gasteiger partial charge >= 0.3 is 0 Å². The number of benzene rings is 1. The maximum absolute atomic E-state index is 12.2. The van der Waals surface area contributed by atoms with E-state index in [1.807, 2.05) is 13.0 Å². The number of hydrogen-bond acceptors (Lipinski definition) is 3. The van der Waals surface area contributed by atoms with Gasteiger partial charge in [0.2, 0.25) is 0 Å². The van der Waals surface area contributed by atoms with Crippen LogP contribution >= 0.6 is 15.9 Å². The van der Waals surface area contributed by atoms with Crippen molar-refractivity contribution in [1.29, 1.82) is 0 Å². The van der Waals surface area contributed by atoms with Gasteiger partial charge < -0.3 is 4.90 Å². The van der Waals surface area contributed by atoms with Crippen LogP contribution < -0.4 is 0 Å². The minimum absolute atomic E-state index is 0.0613. The molecule has 1 saturated heterocycles. The summed E-state index contributed by atoms with van der Waals surface area (Å²) in [6.07, 6.45) is 0. The Kier molecular flexibility index (Phi) is 3.77. The highest BCUT2D eigenvalue weighted by Crippen LogP contribution is 2.19. The van der Waals surface area contributed by atoms with Crippen LogP contribution in [0.1, 0.15) is 15.9 Å². The molecule has 1 heterocycles.